The quantitative estimate of drug-likeness (QED) is 0.891. The van der Waals surface area contributed by atoms with Gasteiger partial charge in [0.2, 0.25) is 0 Å². The smallest absolute Gasteiger partial charge is 0.323 e. The van der Waals surface area contributed by atoms with Crippen LogP contribution in [0.25, 0.3) is 0 Å². The average molecular weight is 274 g/mol. The van der Waals surface area contributed by atoms with E-state index in [1.165, 1.54) is 6.07 Å². The summed E-state index contributed by atoms with van der Waals surface area (Å²) in [7, 11) is 1.93. The van der Waals surface area contributed by atoms with E-state index < -0.39 is 17.8 Å². The molecule has 1 rings (SSSR count). The Morgan fingerprint density at radius 1 is 1.32 bits per heavy atom. The molecule has 0 aromatic heterocycles. The number of hydrogen-bond donors (Lipinski definition) is 1. The maximum Gasteiger partial charge on any atom is 0.416 e. The number of rotatable bonds is 5. The van der Waals surface area contributed by atoms with Crippen LogP contribution in [-0.2, 0) is 6.18 Å². The van der Waals surface area contributed by atoms with Crippen molar-refractivity contribution in [1.82, 2.24) is 4.90 Å². The van der Waals surface area contributed by atoms with E-state index in [2.05, 4.69) is 18.7 Å². The van der Waals surface area contributed by atoms with Gasteiger partial charge in [0, 0.05) is 18.6 Å². The summed E-state index contributed by atoms with van der Waals surface area (Å²) in [6, 6.07) is 5.19. The number of benzene rings is 1. The van der Waals surface area contributed by atoms with Crippen molar-refractivity contribution in [1.29, 1.82) is 0 Å². The average Bonchev–Trinajstić information content (AvgIpc) is 2.36. The Balaban J connectivity index is 2.80. The van der Waals surface area contributed by atoms with Crippen LogP contribution >= 0.6 is 0 Å². The summed E-state index contributed by atoms with van der Waals surface area (Å²) in [5, 5.41) is 0. The van der Waals surface area contributed by atoms with E-state index >= 15 is 0 Å². The summed E-state index contributed by atoms with van der Waals surface area (Å²) in [5.41, 5.74) is 5.86. The Labute approximate surface area is 112 Å². The second-order valence-corrected chi connectivity index (χ2v) is 4.93. The van der Waals surface area contributed by atoms with Gasteiger partial charge < -0.3 is 10.6 Å². The van der Waals surface area contributed by atoms with Gasteiger partial charge in [0.25, 0.3) is 0 Å². The van der Waals surface area contributed by atoms with Crippen molar-refractivity contribution in [3.63, 3.8) is 0 Å². The summed E-state index contributed by atoms with van der Waals surface area (Å²) in [5.74, 6) is 0. The number of halogens is 3. The van der Waals surface area contributed by atoms with Crippen LogP contribution < -0.4 is 5.73 Å². The molecule has 0 amide bonds. The molecule has 0 spiro atoms. The van der Waals surface area contributed by atoms with Gasteiger partial charge >= 0.3 is 6.18 Å². The first-order valence-corrected chi connectivity index (χ1v) is 6.38. The molecule has 0 fully saturated rings. The van der Waals surface area contributed by atoms with E-state index in [1.54, 1.807) is 6.07 Å². The van der Waals surface area contributed by atoms with E-state index in [1.807, 2.05) is 7.05 Å². The molecular formula is C14H21F3N2. The van der Waals surface area contributed by atoms with Crippen molar-refractivity contribution in [3.05, 3.63) is 35.4 Å². The Bertz CT molecular complexity index is 404. The third kappa shape index (κ3) is 4.51. The predicted molar refractivity (Wildman–Crippen MR) is 70.8 cm³/mol. The number of likely N-dealkylation sites (N-methyl/N-ethyl adjacent to an activating group) is 1. The van der Waals surface area contributed by atoms with Gasteiger partial charge in [-0.3, -0.25) is 0 Å². The fourth-order valence-corrected chi connectivity index (χ4v) is 1.85. The molecule has 108 valence electrons. The standard InChI is InChI=1S/C14H21F3N2/c1-4-10(2)19(3)9-13(18)11-6-5-7-12(8-11)14(15,16)17/h5-8,10,13H,4,9,18H2,1-3H3. The van der Waals surface area contributed by atoms with Gasteiger partial charge in [0.1, 0.15) is 0 Å². The van der Waals surface area contributed by atoms with E-state index in [4.69, 9.17) is 5.73 Å². The van der Waals surface area contributed by atoms with Gasteiger partial charge in [-0.2, -0.15) is 13.2 Å². The third-order valence-corrected chi connectivity index (χ3v) is 3.47. The first-order valence-electron chi connectivity index (χ1n) is 6.38. The maximum absolute atomic E-state index is 12.6. The lowest BCUT2D eigenvalue weighted by Gasteiger charge is -2.27. The highest BCUT2D eigenvalue weighted by Gasteiger charge is 2.30. The maximum atomic E-state index is 12.6. The zero-order valence-electron chi connectivity index (χ0n) is 11.5. The Hall–Kier alpha value is -1.07. The van der Waals surface area contributed by atoms with Crippen LogP contribution in [0.1, 0.15) is 37.4 Å². The van der Waals surface area contributed by atoms with Gasteiger partial charge in [0.05, 0.1) is 5.56 Å². The second-order valence-electron chi connectivity index (χ2n) is 4.93. The van der Waals surface area contributed by atoms with Crippen LogP contribution in [0, 0.1) is 0 Å². The molecule has 5 heteroatoms. The lowest BCUT2D eigenvalue weighted by Crippen LogP contribution is -2.35. The van der Waals surface area contributed by atoms with E-state index in [9.17, 15) is 13.2 Å². The molecule has 1 aromatic rings. The van der Waals surface area contributed by atoms with Crippen LogP contribution in [0.4, 0.5) is 13.2 Å². The van der Waals surface area contributed by atoms with Gasteiger partial charge in [-0.15, -0.1) is 0 Å². The molecule has 0 aliphatic rings. The monoisotopic (exact) mass is 274 g/mol. The predicted octanol–water partition coefficient (Wildman–Crippen LogP) is 3.44. The minimum atomic E-state index is -4.32. The second kappa shape index (κ2) is 6.39. The lowest BCUT2D eigenvalue weighted by atomic mass is 10.0. The molecular weight excluding hydrogens is 253 g/mol. The molecule has 1 aromatic carbocycles. The fourth-order valence-electron chi connectivity index (χ4n) is 1.85. The minimum Gasteiger partial charge on any atom is -0.323 e. The Kier molecular flexibility index (Phi) is 5.38. The van der Waals surface area contributed by atoms with Crippen molar-refractivity contribution >= 4 is 0 Å². The van der Waals surface area contributed by atoms with Gasteiger partial charge in [-0.25, -0.2) is 0 Å². The highest BCUT2D eigenvalue weighted by Crippen LogP contribution is 2.30. The highest BCUT2D eigenvalue weighted by atomic mass is 19.4. The fraction of sp³-hybridized carbons (Fsp3) is 0.571. The SMILES string of the molecule is CCC(C)N(C)CC(N)c1cccc(C(F)(F)F)c1. The van der Waals surface area contributed by atoms with Crippen LogP contribution in [0.5, 0.6) is 0 Å². The number of alkyl halides is 3. The topological polar surface area (TPSA) is 29.3 Å². The first kappa shape index (κ1) is 16.0. The van der Waals surface area contributed by atoms with Crippen molar-refractivity contribution in [2.75, 3.05) is 13.6 Å². The molecule has 0 saturated heterocycles. The molecule has 0 aliphatic heterocycles. The number of nitrogens with zero attached hydrogens (tertiary/aromatic N) is 1. The molecule has 0 bridgehead atoms. The molecule has 2 unspecified atom stereocenters. The molecule has 0 saturated carbocycles. The summed E-state index contributed by atoms with van der Waals surface area (Å²) in [4.78, 5) is 2.06. The van der Waals surface area contributed by atoms with E-state index in [0.717, 1.165) is 18.6 Å². The van der Waals surface area contributed by atoms with Crippen molar-refractivity contribution < 1.29 is 13.2 Å². The molecule has 0 aliphatic carbocycles. The zero-order chi connectivity index (χ0) is 14.6. The van der Waals surface area contributed by atoms with Gasteiger partial charge in [-0.05, 0) is 38.1 Å². The molecule has 2 atom stereocenters. The lowest BCUT2D eigenvalue weighted by molar-refractivity contribution is -0.137. The molecule has 0 radical (unpaired) electrons. The van der Waals surface area contributed by atoms with Gasteiger partial charge in [-0.1, -0.05) is 19.1 Å². The van der Waals surface area contributed by atoms with Crippen LogP contribution in [-0.4, -0.2) is 24.5 Å². The van der Waals surface area contributed by atoms with Crippen LogP contribution in [0.2, 0.25) is 0 Å². The van der Waals surface area contributed by atoms with Gasteiger partial charge in [0.15, 0.2) is 0 Å². The first-order chi connectivity index (χ1) is 8.75. The third-order valence-electron chi connectivity index (χ3n) is 3.47. The largest absolute Gasteiger partial charge is 0.416 e. The van der Waals surface area contributed by atoms with E-state index in [-0.39, 0.29) is 0 Å². The normalized spacial score (nSPS) is 15.6. The summed E-state index contributed by atoms with van der Waals surface area (Å²) in [6.07, 6.45) is -3.34. The van der Waals surface area contributed by atoms with Crippen LogP contribution in [0.15, 0.2) is 24.3 Å². The minimum absolute atomic E-state index is 0.358. The number of nitrogens with two attached hydrogens (primary N) is 1. The highest BCUT2D eigenvalue weighted by molar-refractivity contribution is 5.28. The van der Waals surface area contributed by atoms with Crippen molar-refractivity contribution in [2.24, 2.45) is 5.73 Å². The Morgan fingerprint density at radius 2 is 1.95 bits per heavy atom. The van der Waals surface area contributed by atoms with E-state index in [0.29, 0.717) is 18.2 Å². The summed E-state index contributed by atoms with van der Waals surface area (Å²) < 4.78 is 37.9. The molecule has 2 nitrogen and oxygen atoms in total. The van der Waals surface area contributed by atoms with Crippen molar-refractivity contribution in [3.8, 4) is 0 Å². The molecule has 0 heterocycles. The zero-order valence-corrected chi connectivity index (χ0v) is 11.5. The summed E-state index contributed by atoms with van der Waals surface area (Å²) in [6.45, 7) is 4.67. The van der Waals surface area contributed by atoms with Crippen LogP contribution in [0.3, 0.4) is 0 Å². The number of hydrogen-bond acceptors (Lipinski definition) is 2. The molecule has 2 N–H and O–H groups in total. The van der Waals surface area contributed by atoms with Crippen molar-refractivity contribution in [2.45, 2.75) is 38.5 Å². The summed E-state index contributed by atoms with van der Waals surface area (Å²) >= 11 is 0. The molecule has 19 heavy (non-hydrogen) atoms. The Morgan fingerprint density at radius 3 is 2.47 bits per heavy atom.